The van der Waals surface area contributed by atoms with E-state index in [0.717, 1.165) is 0 Å². The van der Waals surface area contributed by atoms with Crippen molar-refractivity contribution in [3.63, 3.8) is 0 Å². The lowest BCUT2D eigenvalue weighted by molar-refractivity contribution is 0.0624. The van der Waals surface area contributed by atoms with Crippen LogP contribution in [-0.4, -0.2) is 10.1 Å². The number of aromatic nitrogens is 1. The first kappa shape index (κ1) is 10.5. The average molecular weight is 200 g/mol. The van der Waals surface area contributed by atoms with Gasteiger partial charge in [0.05, 0.1) is 6.10 Å². The minimum atomic E-state index is -0.575. The zero-order valence-corrected chi connectivity index (χ0v) is 8.84. The quantitative estimate of drug-likeness (QED) is 0.755. The van der Waals surface area contributed by atoms with Gasteiger partial charge >= 0.3 is 0 Å². The Morgan fingerprint density at radius 1 is 1.46 bits per heavy atom. The third kappa shape index (κ3) is 2.42. The fourth-order valence-corrected chi connectivity index (χ4v) is 1.27. The lowest BCUT2D eigenvalue weighted by Crippen LogP contribution is -2.18. The van der Waals surface area contributed by atoms with E-state index < -0.39 is 6.10 Å². The van der Waals surface area contributed by atoms with Gasteiger partial charge in [0.1, 0.15) is 0 Å². The molecule has 1 heterocycles. The van der Waals surface area contributed by atoms with Crippen LogP contribution < -0.4 is 0 Å². The number of aliphatic hydroxyl groups excluding tert-OH is 1. The largest absolute Gasteiger partial charge is 0.388 e. The first-order chi connectivity index (χ1) is 5.93. The van der Waals surface area contributed by atoms with Crippen molar-refractivity contribution >= 4 is 11.6 Å². The van der Waals surface area contributed by atoms with Crippen LogP contribution in [0.25, 0.3) is 0 Å². The number of nitrogens with zero attached hydrogens (tertiary/aromatic N) is 1. The predicted molar refractivity (Wildman–Crippen MR) is 53.7 cm³/mol. The molecule has 1 rings (SSSR count). The van der Waals surface area contributed by atoms with E-state index in [1.165, 1.54) is 0 Å². The Balaban J connectivity index is 3.02. The third-order valence-corrected chi connectivity index (χ3v) is 2.26. The maximum Gasteiger partial charge on any atom is 0.0867 e. The summed E-state index contributed by atoms with van der Waals surface area (Å²) < 4.78 is 0. The number of rotatable bonds is 1. The van der Waals surface area contributed by atoms with Gasteiger partial charge in [-0.2, -0.15) is 0 Å². The van der Waals surface area contributed by atoms with E-state index in [9.17, 15) is 5.11 Å². The normalized spacial score (nSPS) is 14.2. The summed E-state index contributed by atoms with van der Waals surface area (Å²) in [6.07, 6.45) is 2.65. The van der Waals surface area contributed by atoms with E-state index in [1.54, 1.807) is 18.5 Å². The summed E-state index contributed by atoms with van der Waals surface area (Å²) in [5, 5.41) is 10.5. The highest BCUT2D eigenvalue weighted by molar-refractivity contribution is 6.31. The Morgan fingerprint density at radius 2 is 2.08 bits per heavy atom. The van der Waals surface area contributed by atoms with Crippen LogP contribution in [0.15, 0.2) is 18.5 Å². The van der Waals surface area contributed by atoms with Crippen molar-refractivity contribution in [1.82, 2.24) is 4.98 Å². The van der Waals surface area contributed by atoms with Crippen molar-refractivity contribution in [2.75, 3.05) is 0 Å². The molecule has 1 N–H and O–H groups in total. The first-order valence-corrected chi connectivity index (χ1v) is 4.58. The highest BCUT2D eigenvalue weighted by atomic mass is 35.5. The van der Waals surface area contributed by atoms with Crippen molar-refractivity contribution in [3.05, 3.63) is 29.0 Å². The van der Waals surface area contributed by atoms with Crippen LogP contribution in [0.3, 0.4) is 0 Å². The third-order valence-electron chi connectivity index (χ3n) is 1.91. The molecule has 0 amide bonds. The van der Waals surface area contributed by atoms with Crippen molar-refractivity contribution < 1.29 is 5.11 Å². The molecule has 0 aromatic carbocycles. The fourth-order valence-electron chi connectivity index (χ4n) is 1.06. The van der Waals surface area contributed by atoms with Gasteiger partial charge in [0.25, 0.3) is 0 Å². The summed E-state index contributed by atoms with van der Waals surface area (Å²) in [6.45, 7) is 5.88. The van der Waals surface area contributed by atoms with E-state index in [4.69, 9.17) is 11.6 Å². The molecule has 13 heavy (non-hydrogen) atoms. The fraction of sp³-hybridized carbons (Fsp3) is 0.500. The Hall–Kier alpha value is -0.600. The molecule has 1 unspecified atom stereocenters. The van der Waals surface area contributed by atoms with Gasteiger partial charge in [0.15, 0.2) is 0 Å². The van der Waals surface area contributed by atoms with E-state index in [0.29, 0.717) is 10.6 Å². The van der Waals surface area contributed by atoms with Crippen LogP contribution in [0.5, 0.6) is 0 Å². The number of pyridine rings is 1. The summed E-state index contributed by atoms with van der Waals surface area (Å²) in [7, 11) is 0. The lowest BCUT2D eigenvalue weighted by atomic mass is 9.85. The molecule has 0 saturated carbocycles. The van der Waals surface area contributed by atoms with Crippen LogP contribution in [0.4, 0.5) is 0 Å². The van der Waals surface area contributed by atoms with Gasteiger partial charge in [-0.25, -0.2) is 0 Å². The highest BCUT2D eigenvalue weighted by Crippen LogP contribution is 2.35. The van der Waals surface area contributed by atoms with Crippen LogP contribution in [-0.2, 0) is 0 Å². The monoisotopic (exact) mass is 199 g/mol. The van der Waals surface area contributed by atoms with Gasteiger partial charge in [0.2, 0.25) is 0 Å². The molecule has 0 aliphatic heterocycles. The van der Waals surface area contributed by atoms with Gasteiger partial charge in [-0.05, 0) is 11.5 Å². The van der Waals surface area contributed by atoms with E-state index in [1.807, 2.05) is 20.8 Å². The molecule has 0 bridgehead atoms. The summed E-state index contributed by atoms with van der Waals surface area (Å²) in [5.41, 5.74) is 0.476. The number of halogens is 1. The Labute approximate surface area is 83.6 Å². The zero-order valence-electron chi connectivity index (χ0n) is 8.08. The van der Waals surface area contributed by atoms with E-state index in [2.05, 4.69) is 4.98 Å². The molecule has 1 atom stereocenters. The van der Waals surface area contributed by atoms with Crippen molar-refractivity contribution in [3.8, 4) is 0 Å². The minimum absolute atomic E-state index is 0.216. The minimum Gasteiger partial charge on any atom is -0.388 e. The Bertz CT molecular complexity index is 293. The summed E-state index contributed by atoms with van der Waals surface area (Å²) in [6, 6.07) is 1.69. The lowest BCUT2D eigenvalue weighted by Gasteiger charge is -2.26. The molecule has 3 heteroatoms. The highest BCUT2D eigenvalue weighted by Gasteiger charge is 2.25. The first-order valence-electron chi connectivity index (χ1n) is 4.20. The topological polar surface area (TPSA) is 33.1 Å². The molecular weight excluding hydrogens is 186 g/mol. The molecule has 0 fully saturated rings. The predicted octanol–water partition coefficient (Wildman–Crippen LogP) is 2.81. The molecule has 0 aliphatic rings. The number of aliphatic hydroxyl groups is 1. The second kappa shape index (κ2) is 3.64. The molecule has 72 valence electrons. The second-order valence-corrected chi connectivity index (χ2v) is 4.57. The standard InChI is InChI=1S/C10H14ClNO/c1-10(2,3)9(13)7-6-12-5-4-8(7)11/h4-6,9,13H,1-3H3. The smallest absolute Gasteiger partial charge is 0.0867 e. The molecule has 2 nitrogen and oxygen atoms in total. The summed E-state index contributed by atoms with van der Waals surface area (Å²) in [4.78, 5) is 3.94. The van der Waals surface area contributed by atoms with Gasteiger partial charge < -0.3 is 5.11 Å². The molecule has 1 aromatic heterocycles. The van der Waals surface area contributed by atoms with Gasteiger partial charge in [-0.1, -0.05) is 32.4 Å². The van der Waals surface area contributed by atoms with Crippen LogP contribution in [0.2, 0.25) is 5.02 Å². The maximum absolute atomic E-state index is 9.91. The van der Waals surface area contributed by atoms with E-state index in [-0.39, 0.29) is 5.41 Å². The maximum atomic E-state index is 9.91. The molecule has 0 spiro atoms. The molecule has 0 saturated heterocycles. The van der Waals surface area contributed by atoms with Crippen LogP contribution in [0, 0.1) is 5.41 Å². The van der Waals surface area contributed by atoms with Crippen LogP contribution >= 0.6 is 11.6 Å². The summed E-state index contributed by atoms with van der Waals surface area (Å²) >= 11 is 5.93. The van der Waals surface area contributed by atoms with Crippen molar-refractivity contribution in [1.29, 1.82) is 0 Å². The van der Waals surface area contributed by atoms with Gasteiger partial charge in [-0.15, -0.1) is 0 Å². The van der Waals surface area contributed by atoms with Gasteiger partial charge in [-0.3, -0.25) is 4.98 Å². The number of hydrogen-bond acceptors (Lipinski definition) is 2. The second-order valence-electron chi connectivity index (χ2n) is 4.17. The Kier molecular flexibility index (Phi) is 2.94. The van der Waals surface area contributed by atoms with E-state index >= 15 is 0 Å². The van der Waals surface area contributed by atoms with Crippen LogP contribution in [0.1, 0.15) is 32.4 Å². The average Bonchev–Trinajstić information content (AvgIpc) is 2.02. The number of hydrogen-bond donors (Lipinski definition) is 1. The van der Waals surface area contributed by atoms with Gasteiger partial charge in [0, 0.05) is 23.0 Å². The SMILES string of the molecule is CC(C)(C)C(O)c1cnccc1Cl. The van der Waals surface area contributed by atoms with Crippen molar-refractivity contribution in [2.24, 2.45) is 5.41 Å². The summed E-state index contributed by atoms with van der Waals surface area (Å²) in [5.74, 6) is 0. The molecule has 0 aliphatic carbocycles. The Morgan fingerprint density at radius 3 is 2.54 bits per heavy atom. The molecule has 1 aromatic rings. The zero-order chi connectivity index (χ0) is 10.1. The molecule has 0 radical (unpaired) electrons. The van der Waals surface area contributed by atoms with Crippen molar-refractivity contribution in [2.45, 2.75) is 26.9 Å². The molecular formula is C10H14ClNO.